The molecule has 1 unspecified atom stereocenters. The summed E-state index contributed by atoms with van der Waals surface area (Å²) in [6, 6.07) is 20.0. The quantitative estimate of drug-likeness (QED) is 0.581. The lowest BCUT2D eigenvalue weighted by Gasteiger charge is -2.16. The van der Waals surface area contributed by atoms with Gasteiger partial charge in [0.25, 0.3) is 0 Å². The molecule has 4 aromatic rings. The van der Waals surface area contributed by atoms with Gasteiger partial charge in [-0.05, 0) is 43.2 Å². The number of pyridine rings is 1. The second kappa shape index (κ2) is 6.73. The van der Waals surface area contributed by atoms with E-state index in [4.69, 9.17) is 10.3 Å². The van der Waals surface area contributed by atoms with Crippen molar-refractivity contribution >= 4 is 11.0 Å². The number of fused-ring (bicyclic) bond motifs is 1. The highest BCUT2D eigenvalue weighted by atomic mass is 16.5. The average molecular weight is 343 g/mol. The van der Waals surface area contributed by atoms with Gasteiger partial charge in [-0.25, -0.2) is 0 Å². The van der Waals surface area contributed by atoms with Crippen LogP contribution in [0.3, 0.4) is 0 Å². The van der Waals surface area contributed by atoms with Crippen molar-refractivity contribution in [3.05, 3.63) is 83.2 Å². The predicted octanol–water partition coefficient (Wildman–Crippen LogP) is 4.75. The molecule has 130 valence electrons. The lowest BCUT2D eigenvalue weighted by atomic mass is 9.93. The third-order valence-electron chi connectivity index (χ3n) is 4.75. The van der Waals surface area contributed by atoms with E-state index < -0.39 is 0 Å². The molecule has 0 spiro atoms. The van der Waals surface area contributed by atoms with Crippen LogP contribution in [0.2, 0.25) is 0 Å². The Hall–Kier alpha value is -2.98. The lowest BCUT2D eigenvalue weighted by Crippen LogP contribution is -2.16. The first-order valence-electron chi connectivity index (χ1n) is 8.76. The van der Waals surface area contributed by atoms with Gasteiger partial charge in [0.15, 0.2) is 5.58 Å². The molecule has 4 rings (SSSR count). The molecule has 26 heavy (non-hydrogen) atoms. The summed E-state index contributed by atoms with van der Waals surface area (Å²) in [7, 11) is 0. The summed E-state index contributed by atoms with van der Waals surface area (Å²) in [4.78, 5) is 4.67. The Labute approximate surface area is 152 Å². The Kier molecular flexibility index (Phi) is 4.27. The summed E-state index contributed by atoms with van der Waals surface area (Å²) < 4.78 is 5.49. The van der Waals surface area contributed by atoms with Crippen LogP contribution in [0.25, 0.3) is 22.2 Å². The largest absolute Gasteiger partial charge is 0.356 e. The fourth-order valence-corrected chi connectivity index (χ4v) is 3.32. The smallest absolute Gasteiger partial charge is 0.167 e. The summed E-state index contributed by atoms with van der Waals surface area (Å²) in [6.45, 7) is 4.08. The van der Waals surface area contributed by atoms with E-state index in [0.717, 1.165) is 44.7 Å². The summed E-state index contributed by atoms with van der Waals surface area (Å²) in [5.41, 5.74) is 13.5. The molecule has 0 aliphatic carbocycles. The first-order valence-corrected chi connectivity index (χ1v) is 8.76. The third kappa shape index (κ3) is 3.00. The van der Waals surface area contributed by atoms with Crippen LogP contribution in [0.15, 0.2) is 65.2 Å². The highest BCUT2D eigenvalue weighted by Gasteiger charge is 2.18. The zero-order chi connectivity index (χ0) is 18.1. The number of hydrogen-bond acceptors (Lipinski definition) is 4. The van der Waals surface area contributed by atoms with E-state index in [0.29, 0.717) is 6.42 Å². The number of aromatic nitrogens is 2. The third-order valence-corrected chi connectivity index (χ3v) is 4.75. The number of nitrogens with zero attached hydrogens (tertiary/aromatic N) is 2. The molecule has 0 bridgehead atoms. The van der Waals surface area contributed by atoms with Gasteiger partial charge >= 0.3 is 0 Å². The number of benzene rings is 2. The van der Waals surface area contributed by atoms with Crippen LogP contribution in [-0.4, -0.2) is 10.1 Å². The standard InChI is InChI=1S/C22H21N3O/c1-14-11-12-15(2)24-20(14)13-19(23)16-7-3-4-8-17(16)22-18-9-5-6-10-21(18)26-25-22/h3-12,19H,13,23H2,1-2H3. The molecule has 4 heteroatoms. The second-order valence-electron chi connectivity index (χ2n) is 6.64. The molecule has 4 nitrogen and oxygen atoms in total. The van der Waals surface area contributed by atoms with Gasteiger partial charge in [0.2, 0.25) is 0 Å². The molecule has 2 N–H and O–H groups in total. The van der Waals surface area contributed by atoms with E-state index in [9.17, 15) is 0 Å². The Morgan fingerprint density at radius 2 is 1.73 bits per heavy atom. The van der Waals surface area contributed by atoms with Crippen LogP contribution < -0.4 is 5.73 Å². The van der Waals surface area contributed by atoms with Gasteiger partial charge < -0.3 is 10.3 Å². The van der Waals surface area contributed by atoms with Crippen molar-refractivity contribution in [2.45, 2.75) is 26.3 Å². The monoisotopic (exact) mass is 343 g/mol. The Morgan fingerprint density at radius 3 is 2.62 bits per heavy atom. The normalized spacial score (nSPS) is 12.4. The van der Waals surface area contributed by atoms with E-state index in [2.05, 4.69) is 35.3 Å². The van der Waals surface area contributed by atoms with Crippen molar-refractivity contribution in [1.82, 2.24) is 10.1 Å². The van der Waals surface area contributed by atoms with Crippen LogP contribution in [0.4, 0.5) is 0 Å². The highest BCUT2D eigenvalue weighted by Crippen LogP contribution is 2.33. The molecule has 2 heterocycles. The molecule has 1 atom stereocenters. The fourth-order valence-electron chi connectivity index (χ4n) is 3.32. The minimum Gasteiger partial charge on any atom is -0.356 e. The molecule has 2 aromatic heterocycles. The molecule has 0 saturated heterocycles. The van der Waals surface area contributed by atoms with Gasteiger partial charge in [-0.15, -0.1) is 0 Å². The molecular formula is C22H21N3O. The zero-order valence-electron chi connectivity index (χ0n) is 14.9. The van der Waals surface area contributed by atoms with Crippen molar-refractivity contribution < 1.29 is 4.52 Å². The van der Waals surface area contributed by atoms with Gasteiger partial charge in [0.05, 0.1) is 0 Å². The van der Waals surface area contributed by atoms with Crippen molar-refractivity contribution in [3.63, 3.8) is 0 Å². The van der Waals surface area contributed by atoms with Gasteiger partial charge in [-0.2, -0.15) is 0 Å². The highest BCUT2D eigenvalue weighted by molar-refractivity contribution is 5.92. The van der Waals surface area contributed by atoms with E-state index in [1.165, 1.54) is 0 Å². The van der Waals surface area contributed by atoms with E-state index in [-0.39, 0.29) is 6.04 Å². The van der Waals surface area contributed by atoms with Crippen LogP contribution >= 0.6 is 0 Å². The Bertz CT molecular complexity index is 1070. The Balaban J connectivity index is 1.75. The Morgan fingerprint density at radius 1 is 0.962 bits per heavy atom. The first kappa shape index (κ1) is 16.5. The predicted molar refractivity (Wildman–Crippen MR) is 104 cm³/mol. The summed E-state index contributed by atoms with van der Waals surface area (Å²) in [5, 5.41) is 5.30. The maximum absolute atomic E-state index is 6.60. The SMILES string of the molecule is Cc1ccc(C)c(CC(N)c2ccccc2-c2noc3ccccc23)n1. The lowest BCUT2D eigenvalue weighted by molar-refractivity contribution is 0.459. The van der Waals surface area contributed by atoms with Crippen molar-refractivity contribution in [2.75, 3.05) is 0 Å². The van der Waals surface area contributed by atoms with E-state index >= 15 is 0 Å². The minimum absolute atomic E-state index is 0.172. The topological polar surface area (TPSA) is 64.9 Å². The molecule has 2 aromatic carbocycles. The number of para-hydroxylation sites is 1. The molecule has 0 amide bonds. The number of aryl methyl sites for hydroxylation is 2. The molecule has 0 aliphatic heterocycles. The van der Waals surface area contributed by atoms with E-state index in [1.807, 2.05) is 49.4 Å². The summed E-state index contributed by atoms with van der Waals surface area (Å²) in [5.74, 6) is 0. The molecule has 0 radical (unpaired) electrons. The fraction of sp³-hybridized carbons (Fsp3) is 0.182. The van der Waals surface area contributed by atoms with Gasteiger partial charge in [-0.1, -0.05) is 47.6 Å². The molecule has 0 aliphatic rings. The van der Waals surface area contributed by atoms with Crippen LogP contribution in [-0.2, 0) is 6.42 Å². The summed E-state index contributed by atoms with van der Waals surface area (Å²) >= 11 is 0. The average Bonchev–Trinajstić information content (AvgIpc) is 3.08. The number of hydrogen-bond donors (Lipinski definition) is 1. The molecular weight excluding hydrogens is 322 g/mol. The minimum atomic E-state index is -0.172. The van der Waals surface area contributed by atoms with Crippen molar-refractivity contribution in [3.8, 4) is 11.3 Å². The van der Waals surface area contributed by atoms with Crippen molar-refractivity contribution in [2.24, 2.45) is 5.73 Å². The first-order chi connectivity index (χ1) is 12.6. The maximum Gasteiger partial charge on any atom is 0.167 e. The van der Waals surface area contributed by atoms with Gasteiger partial charge in [0, 0.05) is 34.8 Å². The zero-order valence-corrected chi connectivity index (χ0v) is 14.9. The summed E-state index contributed by atoms with van der Waals surface area (Å²) in [6.07, 6.45) is 0.681. The van der Waals surface area contributed by atoms with Gasteiger partial charge in [0.1, 0.15) is 5.69 Å². The van der Waals surface area contributed by atoms with Crippen LogP contribution in [0.5, 0.6) is 0 Å². The van der Waals surface area contributed by atoms with Crippen molar-refractivity contribution in [1.29, 1.82) is 0 Å². The molecule has 0 saturated carbocycles. The number of nitrogens with two attached hydrogens (primary N) is 1. The maximum atomic E-state index is 6.60. The molecule has 0 fully saturated rings. The second-order valence-corrected chi connectivity index (χ2v) is 6.64. The van der Waals surface area contributed by atoms with Crippen LogP contribution in [0, 0.1) is 13.8 Å². The van der Waals surface area contributed by atoms with Crippen LogP contribution in [0.1, 0.15) is 28.6 Å². The number of rotatable bonds is 4. The van der Waals surface area contributed by atoms with E-state index in [1.54, 1.807) is 0 Å². The van der Waals surface area contributed by atoms with Gasteiger partial charge in [-0.3, -0.25) is 4.98 Å².